The van der Waals surface area contributed by atoms with Crippen LogP contribution in [0.1, 0.15) is 13.3 Å². The van der Waals surface area contributed by atoms with Crippen molar-refractivity contribution in [2.75, 3.05) is 16.7 Å². The van der Waals surface area contributed by atoms with Gasteiger partial charge >= 0.3 is 0 Å². The Labute approximate surface area is 125 Å². The first-order valence-corrected chi connectivity index (χ1v) is 6.57. The van der Waals surface area contributed by atoms with Gasteiger partial charge in [0, 0.05) is 6.54 Å². The van der Waals surface area contributed by atoms with E-state index in [1.807, 2.05) is 6.92 Å². The maximum absolute atomic E-state index is 8.52. The van der Waals surface area contributed by atoms with Crippen molar-refractivity contribution in [1.82, 2.24) is 45.3 Å². The molecule has 114 valence electrons. The fourth-order valence-electron chi connectivity index (χ4n) is 1.85. The first-order chi connectivity index (χ1) is 10.8. The Morgan fingerprint density at radius 3 is 1.82 bits per heavy atom. The number of hydrogen-bond acceptors (Lipinski definition) is 7. The molecule has 0 aromatic carbocycles. The summed E-state index contributed by atoms with van der Waals surface area (Å²) in [6.07, 6.45) is 10.2. The molecule has 0 saturated heterocycles. The summed E-state index contributed by atoms with van der Waals surface area (Å²) in [5.41, 5.74) is 0. The van der Waals surface area contributed by atoms with Crippen LogP contribution in [0, 0.1) is 5.41 Å². The average Bonchev–Trinajstić information content (AvgIpc) is 3.27. The number of nitrogens with zero attached hydrogens (tertiary/aromatic N) is 11. The van der Waals surface area contributed by atoms with Gasteiger partial charge in [-0.3, -0.25) is 5.41 Å². The molecular weight excluding hydrogens is 288 g/mol. The van der Waals surface area contributed by atoms with Gasteiger partial charge in [0.05, 0.1) is 37.2 Å². The lowest BCUT2D eigenvalue weighted by molar-refractivity contribution is 0.472. The van der Waals surface area contributed by atoms with Crippen molar-refractivity contribution in [1.29, 1.82) is 5.41 Å². The van der Waals surface area contributed by atoms with Crippen LogP contribution in [0.3, 0.4) is 0 Å². The molecule has 0 aliphatic heterocycles. The quantitative estimate of drug-likeness (QED) is 0.463. The van der Waals surface area contributed by atoms with E-state index in [9.17, 15) is 0 Å². The predicted octanol–water partition coefficient (Wildman–Crippen LogP) is -1.15. The first-order valence-electron chi connectivity index (χ1n) is 6.57. The highest BCUT2D eigenvalue weighted by Crippen LogP contribution is 2.00. The normalized spacial score (nSPS) is 10.6. The second-order valence-electron chi connectivity index (χ2n) is 4.21. The molecule has 0 aliphatic rings. The standard InChI is InChI=1S/C10H14N12/c1-2-6-18(19-7-3-12-15-19)10(11)22(20-8-4-13-16-20)21-9-5-14-17-21/h3-5,7-9,11H,2,6H2,1H3. The van der Waals surface area contributed by atoms with Crippen molar-refractivity contribution in [3.05, 3.63) is 37.2 Å². The summed E-state index contributed by atoms with van der Waals surface area (Å²) in [6.45, 7) is 2.56. The van der Waals surface area contributed by atoms with Gasteiger partial charge in [-0.05, 0) is 22.1 Å². The number of guanidine groups is 1. The molecule has 0 spiro atoms. The molecule has 22 heavy (non-hydrogen) atoms. The molecule has 0 amide bonds. The van der Waals surface area contributed by atoms with E-state index in [2.05, 4.69) is 30.9 Å². The van der Waals surface area contributed by atoms with E-state index in [0.29, 0.717) is 6.54 Å². The number of nitrogens with one attached hydrogen (secondary N) is 1. The van der Waals surface area contributed by atoms with Crippen molar-refractivity contribution in [2.45, 2.75) is 13.3 Å². The van der Waals surface area contributed by atoms with Gasteiger partial charge in [-0.1, -0.05) is 6.92 Å². The van der Waals surface area contributed by atoms with Gasteiger partial charge in [-0.2, -0.15) is 4.79 Å². The number of rotatable bonds is 5. The molecule has 0 unspecified atom stereocenters. The van der Waals surface area contributed by atoms with E-state index in [1.165, 1.54) is 31.9 Å². The Morgan fingerprint density at radius 2 is 1.41 bits per heavy atom. The van der Waals surface area contributed by atoms with Gasteiger partial charge in [0.2, 0.25) is 0 Å². The lowest BCUT2D eigenvalue weighted by Crippen LogP contribution is -2.57. The summed E-state index contributed by atoms with van der Waals surface area (Å²) in [6, 6.07) is 0. The van der Waals surface area contributed by atoms with Crippen LogP contribution in [-0.4, -0.2) is 57.8 Å². The van der Waals surface area contributed by atoms with Crippen molar-refractivity contribution in [3.63, 3.8) is 0 Å². The molecule has 3 aromatic rings. The van der Waals surface area contributed by atoms with Crippen LogP contribution >= 0.6 is 0 Å². The molecular formula is C10H14N12. The fourth-order valence-corrected chi connectivity index (χ4v) is 1.85. The SMILES string of the molecule is CCCN(C(=N)N(n1ccnn1)n1ccnn1)n1ccnn1. The second-order valence-corrected chi connectivity index (χ2v) is 4.21. The summed E-state index contributed by atoms with van der Waals surface area (Å²) >= 11 is 0. The molecule has 0 bridgehead atoms. The van der Waals surface area contributed by atoms with Crippen LogP contribution in [0.4, 0.5) is 0 Å². The van der Waals surface area contributed by atoms with Gasteiger partial charge in [0.15, 0.2) is 0 Å². The molecule has 3 aromatic heterocycles. The zero-order valence-corrected chi connectivity index (χ0v) is 11.8. The molecule has 0 radical (unpaired) electrons. The Bertz CT molecular complexity index is 650. The third-order valence-electron chi connectivity index (χ3n) is 2.73. The van der Waals surface area contributed by atoms with Crippen LogP contribution in [0.15, 0.2) is 37.2 Å². The van der Waals surface area contributed by atoms with Crippen LogP contribution in [0.25, 0.3) is 0 Å². The summed E-state index contributed by atoms with van der Waals surface area (Å²) in [5.74, 6) is 0.0587. The molecule has 1 N–H and O–H groups in total. The number of hydrogen-bond donors (Lipinski definition) is 1. The minimum Gasteiger partial charge on any atom is -0.264 e. The largest absolute Gasteiger partial charge is 0.264 e. The summed E-state index contributed by atoms with van der Waals surface area (Å²) in [4.78, 5) is 4.22. The Hall–Kier alpha value is -3.31. The second kappa shape index (κ2) is 5.99. The fraction of sp³-hybridized carbons (Fsp3) is 0.300. The molecule has 12 heteroatoms. The van der Waals surface area contributed by atoms with E-state index in [-0.39, 0.29) is 5.96 Å². The number of aromatic nitrogens is 9. The van der Waals surface area contributed by atoms with Crippen LogP contribution < -0.4 is 10.1 Å². The smallest absolute Gasteiger partial charge is 0.258 e. The summed E-state index contributed by atoms with van der Waals surface area (Å²) < 4.78 is 0. The highest BCUT2D eigenvalue weighted by Gasteiger charge is 2.23. The zero-order chi connectivity index (χ0) is 15.4. The molecule has 0 fully saturated rings. The Morgan fingerprint density at radius 1 is 0.909 bits per heavy atom. The highest BCUT2D eigenvalue weighted by molar-refractivity contribution is 5.94. The Kier molecular flexibility index (Phi) is 3.72. The highest BCUT2D eigenvalue weighted by atomic mass is 15.9. The topological polar surface area (TPSA) is 122 Å². The third kappa shape index (κ3) is 2.48. The van der Waals surface area contributed by atoms with E-state index in [1.54, 1.807) is 29.8 Å². The van der Waals surface area contributed by atoms with E-state index >= 15 is 0 Å². The van der Waals surface area contributed by atoms with Crippen LogP contribution in [0.2, 0.25) is 0 Å². The van der Waals surface area contributed by atoms with Gasteiger partial charge in [0.1, 0.15) is 0 Å². The maximum atomic E-state index is 8.52. The average molecular weight is 302 g/mol. The van der Waals surface area contributed by atoms with E-state index in [0.717, 1.165) is 6.42 Å². The first kappa shape index (κ1) is 13.7. The lowest BCUT2D eigenvalue weighted by Gasteiger charge is -2.30. The van der Waals surface area contributed by atoms with E-state index < -0.39 is 0 Å². The predicted molar refractivity (Wildman–Crippen MR) is 74.8 cm³/mol. The van der Waals surface area contributed by atoms with Gasteiger partial charge in [0.25, 0.3) is 5.96 Å². The van der Waals surface area contributed by atoms with Gasteiger partial charge in [-0.15, -0.1) is 30.0 Å². The van der Waals surface area contributed by atoms with Crippen molar-refractivity contribution >= 4 is 5.96 Å². The third-order valence-corrected chi connectivity index (χ3v) is 2.73. The molecule has 0 saturated carbocycles. The zero-order valence-electron chi connectivity index (χ0n) is 11.8. The molecule has 0 atom stereocenters. The van der Waals surface area contributed by atoms with Crippen molar-refractivity contribution in [3.8, 4) is 0 Å². The summed E-state index contributed by atoms with van der Waals surface area (Å²) in [5, 5.41) is 34.6. The Balaban J connectivity index is 1.98. The monoisotopic (exact) mass is 302 g/mol. The molecule has 0 aliphatic carbocycles. The maximum Gasteiger partial charge on any atom is 0.258 e. The molecule has 3 rings (SSSR count). The van der Waals surface area contributed by atoms with Crippen molar-refractivity contribution in [2.24, 2.45) is 0 Å². The van der Waals surface area contributed by atoms with Crippen LogP contribution in [-0.2, 0) is 0 Å². The van der Waals surface area contributed by atoms with Gasteiger partial charge < -0.3 is 0 Å². The summed E-state index contributed by atoms with van der Waals surface area (Å²) in [7, 11) is 0. The van der Waals surface area contributed by atoms with E-state index in [4.69, 9.17) is 5.41 Å². The van der Waals surface area contributed by atoms with Crippen LogP contribution in [0.5, 0.6) is 0 Å². The minimum absolute atomic E-state index is 0.0587. The lowest BCUT2D eigenvalue weighted by atomic mass is 10.5. The minimum atomic E-state index is 0.0587. The molecule has 12 nitrogen and oxygen atoms in total. The molecule has 3 heterocycles. The van der Waals surface area contributed by atoms with Crippen molar-refractivity contribution < 1.29 is 0 Å². The van der Waals surface area contributed by atoms with Gasteiger partial charge in [-0.25, -0.2) is 5.01 Å².